The average Bonchev–Trinajstić information content (AvgIpc) is 3.49. The van der Waals surface area contributed by atoms with Gasteiger partial charge in [0.1, 0.15) is 18.3 Å². The molecule has 1 atom stereocenters. The third-order valence-corrected chi connectivity index (χ3v) is 9.68. The van der Waals surface area contributed by atoms with Gasteiger partial charge in [-0.3, -0.25) is 13.9 Å². The number of rotatable bonds is 11. The maximum atomic E-state index is 14.0. The minimum Gasteiger partial charge on any atom is -0.497 e. The number of nitrogens with zero attached hydrogens (tertiary/aromatic N) is 2. The van der Waals surface area contributed by atoms with Gasteiger partial charge in [-0.15, -0.1) is 0 Å². The molecule has 218 valence electrons. The van der Waals surface area contributed by atoms with E-state index < -0.39 is 28.5 Å². The number of ether oxygens (including phenoxy) is 1. The van der Waals surface area contributed by atoms with E-state index in [2.05, 4.69) is 5.32 Å². The lowest BCUT2D eigenvalue weighted by Gasteiger charge is -2.32. The summed E-state index contributed by atoms with van der Waals surface area (Å²) >= 11 is 12.4. The first-order valence-electron chi connectivity index (χ1n) is 13.4. The van der Waals surface area contributed by atoms with Crippen molar-refractivity contribution in [2.45, 2.75) is 56.1 Å². The molecule has 0 heterocycles. The zero-order chi connectivity index (χ0) is 29.6. The molecule has 2 amide bonds. The van der Waals surface area contributed by atoms with Gasteiger partial charge in [0, 0.05) is 12.6 Å². The van der Waals surface area contributed by atoms with Gasteiger partial charge in [-0.1, -0.05) is 66.4 Å². The zero-order valence-electron chi connectivity index (χ0n) is 22.9. The van der Waals surface area contributed by atoms with Crippen LogP contribution in [0.1, 0.15) is 38.2 Å². The predicted molar refractivity (Wildman–Crippen MR) is 161 cm³/mol. The summed E-state index contributed by atoms with van der Waals surface area (Å²) in [5.41, 5.74) is 0.895. The van der Waals surface area contributed by atoms with Crippen LogP contribution in [-0.4, -0.2) is 50.9 Å². The Labute approximate surface area is 251 Å². The summed E-state index contributed by atoms with van der Waals surface area (Å²) in [6.45, 7) is 1.15. The fourth-order valence-electron chi connectivity index (χ4n) is 4.83. The van der Waals surface area contributed by atoms with Crippen LogP contribution in [0.4, 0.5) is 5.69 Å². The summed E-state index contributed by atoms with van der Waals surface area (Å²) in [4.78, 5) is 28.8. The average molecular weight is 619 g/mol. The fraction of sp³-hybridized carbons (Fsp3) is 0.333. The molecule has 3 aromatic carbocycles. The summed E-state index contributed by atoms with van der Waals surface area (Å²) in [6, 6.07) is 18.6. The van der Waals surface area contributed by atoms with Crippen LogP contribution in [0.15, 0.2) is 77.7 Å². The number of nitrogens with one attached hydrogen (secondary N) is 1. The van der Waals surface area contributed by atoms with Crippen LogP contribution in [-0.2, 0) is 26.2 Å². The van der Waals surface area contributed by atoms with E-state index in [0.717, 1.165) is 35.6 Å². The van der Waals surface area contributed by atoms with Gasteiger partial charge in [-0.05, 0) is 67.8 Å². The van der Waals surface area contributed by atoms with Crippen LogP contribution >= 0.6 is 23.2 Å². The van der Waals surface area contributed by atoms with Crippen LogP contribution in [0.25, 0.3) is 0 Å². The first kappa shape index (κ1) is 30.7. The second-order valence-electron chi connectivity index (χ2n) is 9.96. The molecule has 0 aromatic heterocycles. The Morgan fingerprint density at radius 2 is 1.68 bits per heavy atom. The van der Waals surface area contributed by atoms with Gasteiger partial charge in [0.05, 0.1) is 27.7 Å². The topological polar surface area (TPSA) is 96.0 Å². The van der Waals surface area contributed by atoms with Crippen molar-refractivity contribution in [3.63, 3.8) is 0 Å². The van der Waals surface area contributed by atoms with Crippen molar-refractivity contribution in [3.05, 3.63) is 88.4 Å². The van der Waals surface area contributed by atoms with Gasteiger partial charge < -0.3 is 15.0 Å². The Morgan fingerprint density at radius 1 is 0.976 bits per heavy atom. The van der Waals surface area contributed by atoms with E-state index in [0.29, 0.717) is 5.75 Å². The molecular weight excluding hydrogens is 585 g/mol. The van der Waals surface area contributed by atoms with Crippen LogP contribution in [0.3, 0.4) is 0 Å². The smallest absolute Gasteiger partial charge is 0.264 e. The molecule has 0 unspecified atom stereocenters. The lowest BCUT2D eigenvalue weighted by Crippen LogP contribution is -2.52. The molecule has 4 rings (SSSR count). The zero-order valence-corrected chi connectivity index (χ0v) is 25.3. The summed E-state index contributed by atoms with van der Waals surface area (Å²) in [6.07, 6.45) is 3.87. The Hall–Kier alpha value is -3.27. The Bertz CT molecular complexity index is 1480. The van der Waals surface area contributed by atoms with Crippen LogP contribution < -0.4 is 14.4 Å². The second-order valence-corrected chi connectivity index (χ2v) is 12.6. The molecule has 1 aliphatic rings. The van der Waals surface area contributed by atoms with Gasteiger partial charge in [-0.25, -0.2) is 8.42 Å². The van der Waals surface area contributed by atoms with E-state index >= 15 is 0 Å². The number of anilines is 1. The Balaban J connectivity index is 1.70. The number of halogens is 2. The number of methoxy groups -OCH3 is 1. The first-order chi connectivity index (χ1) is 19.6. The molecule has 41 heavy (non-hydrogen) atoms. The molecule has 0 aliphatic heterocycles. The molecule has 1 fully saturated rings. The molecule has 0 saturated heterocycles. The molecule has 8 nitrogen and oxygen atoms in total. The van der Waals surface area contributed by atoms with Crippen molar-refractivity contribution in [3.8, 4) is 5.75 Å². The number of hydrogen-bond donors (Lipinski definition) is 1. The molecule has 0 radical (unpaired) electrons. The molecule has 0 bridgehead atoms. The molecular formula is C30H33Cl2N3O5S. The van der Waals surface area contributed by atoms with E-state index in [-0.39, 0.29) is 39.1 Å². The van der Waals surface area contributed by atoms with Crippen molar-refractivity contribution in [1.29, 1.82) is 0 Å². The normalized spacial score (nSPS) is 14.3. The molecule has 11 heteroatoms. The van der Waals surface area contributed by atoms with Crippen LogP contribution in [0.2, 0.25) is 10.0 Å². The minimum atomic E-state index is -4.20. The third-order valence-electron chi connectivity index (χ3n) is 7.16. The molecule has 1 aliphatic carbocycles. The second kappa shape index (κ2) is 13.6. The maximum Gasteiger partial charge on any atom is 0.264 e. The lowest BCUT2D eigenvalue weighted by molar-refractivity contribution is -0.139. The number of sulfonamides is 1. The van der Waals surface area contributed by atoms with Gasteiger partial charge in [0.25, 0.3) is 10.0 Å². The standard InChI is InChI=1S/C30H33Cl2N3O5S/c1-21(30(37)33-23-10-6-7-11-23)34(19-22-9-8-12-25(17-22)40-2)29(36)20-35(24-15-16-27(31)28(32)18-24)41(38,39)26-13-4-3-5-14-26/h3-5,8-9,12-18,21,23H,6-7,10-11,19-20H2,1-2H3,(H,33,37)/t21-/m1/s1. The SMILES string of the molecule is COc1cccc(CN(C(=O)CN(c2ccc(Cl)c(Cl)c2)S(=O)(=O)c2ccccc2)[C@H](C)C(=O)NC2CCCC2)c1. The highest BCUT2D eigenvalue weighted by atomic mass is 35.5. The van der Waals surface area contributed by atoms with Gasteiger partial charge in [-0.2, -0.15) is 0 Å². The van der Waals surface area contributed by atoms with E-state index in [4.69, 9.17) is 27.9 Å². The summed E-state index contributed by atoms with van der Waals surface area (Å²) in [5, 5.41) is 3.44. The maximum absolute atomic E-state index is 14.0. The highest BCUT2D eigenvalue weighted by Gasteiger charge is 2.33. The van der Waals surface area contributed by atoms with Crippen molar-refractivity contribution in [2.75, 3.05) is 18.0 Å². The number of benzene rings is 3. The Kier molecular flexibility index (Phi) is 10.2. The van der Waals surface area contributed by atoms with Crippen LogP contribution in [0.5, 0.6) is 5.75 Å². The van der Waals surface area contributed by atoms with Gasteiger partial charge in [0.2, 0.25) is 11.8 Å². The quantitative estimate of drug-likeness (QED) is 0.299. The predicted octanol–water partition coefficient (Wildman–Crippen LogP) is 5.67. The van der Waals surface area contributed by atoms with Crippen molar-refractivity contribution >= 4 is 50.7 Å². The van der Waals surface area contributed by atoms with E-state index in [1.165, 1.54) is 35.2 Å². The van der Waals surface area contributed by atoms with Crippen molar-refractivity contribution < 1.29 is 22.7 Å². The molecule has 1 N–H and O–H groups in total. The van der Waals surface area contributed by atoms with E-state index in [1.54, 1.807) is 50.4 Å². The first-order valence-corrected chi connectivity index (χ1v) is 15.6. The van der Waals surface area contributed by atoms with E-state index in [9.17, 15) is 18.0 Å². The highest BCUT2D eigenvalue weighted by molar-refractivity contribution is 7.92. The van der Waals surface area contributed by atoms with Gasteiger partial charge in [0.15, 0.2) is 0 Å². The van der Waals surface area contributed by atoms with Gasteiger partial charge >= 0.3 is 0 Å². The number of carbonyl (C=O) groups excluding carboxylic acids is 2. The highest BCUT2D eigenvalue weighted by Crippen LogP contribution is 2.31. The summed E-state index contributed by atoms with van der Waals surface area (Å²) in [7, 11) is -2.65. The summed E-state index contributed by atoms with van der Waals surface area (Å²) < 4.78 is 34.0. The molecule has 0 spiro atoms. The summed E-state index contributed by atoms with van der Waals surface area (Å²) in [5.74, 6) is -0.255. The number of amides is 2. The lowest BCUT2D eigenvalue weighted by atomic mass is 10.1. The Morgan fingerprint density at radius 3 is 2.34 bits per heavy atom. The molecule has 1 saturated carbocycles. The molecule has 3 aromatic rings. The third kappa shape index (κ3) is 7.52. The van der Waals surface area contributed by atoms with Crippen LogP contribution in [0, 0.1) is 0 Å². The van der Waals surface area contributed by atoms with Crippen molar-refractivity contribution in [2.24, 2.45) is 0 Å². The van der Waals surface area contributed by atoms with E-state index in [1.807, 2.05) is 6.07 Å². The fourth-order valence-corrected chi connectivity index (χ4v) is 6.55. The monoisotopic (exact) mass is 617 g/mol. The van der Waals surface area contributed by atoms with Crippen molar-refractivity contribution in [1.82, 2.24) is 10.2 Å². The minimum absolute atomic E-state index is 0.00485. The largest absolute Gasteiger partial charge is 0.497 e. The number of hydrogen-bond acceptors (Lipinski definition) is 5. The number of carbonyl (C=O) groups is 2.